The smallest absolute Gasteiger partial charge is 0.00271 e. The Bertz CT molecular complexity index is 373. The van der Waals surface area contributed by atoms with E-state index in [4.69, 9.17) is 0 Å². The summed E-state index contributed by atoms with van der Waals surface area (Å²) in [6, 6.07) is 8.96. The van der Waals surface area contributed by atoms with E-state index in [9.17, 15) is 0 Å². The second-order valence-corrected chi connectivity index (χ2v) is 6.75. The molecule has 100 valence electrons. The summed E-state index contributed by atoms with van der Waals surface area (Å²) in [4.78, 5) is 0. The van der Waals surface area contributed by atoms with Gasteiger partial charge in [0.05, 0.1) is 0 Å². The van der Waals surface area contributed by atoms with Crippen LogP contribution in [-0.2, 0) is 6.42 Å². The third-order valence-corrected chi connectivity index (χ3v) is 4.64. The Hall–Kier alpha value is -0.690. The first-order valence-electron chi connectivity index (χ1n) is 6.87. The van der Waals surface area contributed by atoms with Crippen molar-refractivity contribution in [3.8, 4) is 0 Å². The van der Waals surface area contributed by atoms with Crippen LogP contribution in [0.25, 0.3) is 5.57 Å². The lowest BCUT2D eigenvalue weighted by atomic mass is 9.79. The van der Waals surface area contributed by atoms with Crippen LogP contribution in [0.1, 0.15) is 45.2 Å². The summed E-state index contributed by atoms with van der Waals surface area (Å²) in [5.74, 6) is 2.43. The van der Waals surface area contributed by atoms with Gasteiger partial charge in [0.1, 0.15) is 0 Å². The number of allylic oxidation sites excluding steroid dienone is 1. The molecular formula is C17H26S. The van der Waals surface area contributed by atoms with Gasteiger partial charge in [-0.15, -0.1) is 0 Å². The second kappa shape index (κ2) is 7.04. The van der Waals surface area contributed by atoms with Gasteiger partial charge in [-0.2, -0.15) is 11.8 Å². The molecule has 0 aliphatic heterocycles. The van der Waals surface area contributed by atoms with Crippen LogP contribution in [0, 0.1) is 5.41 Å². The molecule has 1 aromatic rings. The molecular weight excluding hydrogens is 236 g/mol. The molecule has 0 N–H and O–H groups in total. The summed E-state index contributed by atoms with van der Waals surface area (Å²) in [6.45, 7) is 13.2. The van der Waals surface area contributed by atoms with Crippen molar-refractivity contribution in [2.24, 2.45) is 5.41 Å². The molecule has 0 bridgehead atoms. The van der Waals surface area contributed by atoms with Gasteiger partial charge in [-0.3, -0.25) is 0 Å². The zero-order valence-electron chi connectivity index (χ0n) is 12.3. The molecule has 0 amide bonds. The largest absolute Gasteiger partial charge is 0.162 e. The molecule has 0 radical (unpaired) electrons. The van der Waals surface area contributed by atoms with E-state index in [1.807, 2.05) is 11.8 Å². The van der Waals surface area contributed by atoms with Crippen LogP contribution in [0.3, 0.4) is 0 Å². The fourth-order valence-electron chi connectivity index (χ4n) is 1.81. The van der Waals surface area contributed by atoms with Crippen molar-refractivity contribution in [3.05, 3.63) is 42.0 Å². The van der Waals surface area contributed by atoms with Gasteiger partial charge in [0.15, 0.2) is 0 Å². The lowest BCUT2D eigenvalue weighted by Gasteiger charge is -2.26. The van der Waals surface area contributed by atoms with Gasteiger partial charge in [0.2, 0.25) is 0 Å². The average molecular weight is 262 g/mol. The summed E-state index contributed by atoms with van der Waals surface area (Å²) >= 11 is 2.00. The van der Waals surface area contributed by atoms with Gasteiger partial charge < -0.3 is 0 Å². The highest BCUT2D eigenvalue weighted by molar-refractivity contribution is 7.99. The van der Waals surface area contributed by atoms with Crippen molar-refractivity contribution in [2.45, 2.75) is 40.5 Å². The van der Waals surface area contributed by atoms with Crippen LogP contribution in [0.5, 0.6) is 0 Å². The Labute approximate surface area is 117 Å². The normalized spacial score (nSPS) is 11.6. The maximum atomic E-state index is 4.27. The van der Waals surface area contributed by atoms with Crippen molar-refractivity contribution in [3.63, 3.8) is 0 Å². The van der Waals surface area contributed by atoms with Crippen molar-refractivity contribution in [2.75, 3.05) is 11.5 Å². The van der Waals surface area contributed by atoms with E-state index in [-0.39, 0.29) is 5.41 Å². The fourth-order valence-corrected chi connectivity index (χ4v) is 2.48. The van der Waals surface area contributed by atoms with E-state index in [2.05, 4.69) is 58.5 Å². The molecule has 1 heteroatoms. The van der Waals surface area contributed by atoms with E-state index >= 15 is 0 Å². The monoisotopic (exact) mass is 262 g/mol. The lowest BCUT2D eigenvalue weighted by molar-refractivity contribution is 0.483. The van der Waals surface area contributed by atoms with Gasteiger partial charge in [-0.05, 0) is 46.5 Å². The molecule has 0 heterocycles. The summed E-state index contributed by atoms with van der Waals surface area (Å²) in [6.07, 6.45) is 2.29. The van der Waals surface area contributed by atoms with Crippen LogP contribution in [-0.4, -0.2) is 11.5 Å². The maximum absolute atomic E-state index is 4.27. The molecule has 0 unspecified atom stereocenters. The standard InChI is InChI=1S/C17H26S/c1-6-17(4,5)14(3)16-10-8-15(9-11-16)12-13-18-7-2/h8-11H,3,6-7,12-13H2,1-2,4-5H3. The van der Waals surface area contributed by atoms with Crippen LogP contribution in [0.4, 0.5) is 0 Å². The quantitative estimate of drug-likeness (QED) is 0.590. The van der Waals surface area contributed by atoms with Gasteiger partial charge in [-0.25, -0.2) is 0 Å². The SMILES string of the molecule is C=C(c1ccc(CCSCC)cc1)C(C)(C)CC. The van der Waals surface area contributed by atoms with E-state index in [1.165, 1.54) is 34.6 Å². The van der Waals surface area contributed by atoms with Crippen molar-refractivity contribution in [1.82, 2.24) is 0 Å². The first-order valence-corrected chi connectivity index (χ1v) is 8.03. The Kier molecular flexibility index (Phi) is 6.01. The van der Waals surface area contributed by atoms with E-state index in [0.717, 1.165) is 6.42 Å². The van der Waals surface area contributed by atoms with Gasteiger partial charge in [0, 0.05) is 0 Å². The molecule has 0 saturated heterocycles. The molecule has 18 heavy (non-hydrogen) atoms. The van der Waals surface area contributed by atoms with Crippen molar-refractivity contribution < 1.29 is 0 Å². The minimum atomic E-state index is 0.194. The molecule has 0 aliphatic rings. The summed E-state index contributed by atoms with van der Waals surface area (Å²) < 4.78 is 0. The highest BCUT2D eigenvalue weighted by atomic mass is 32.2. The van der Waals surface area contributed by atoms with Crippen LogP contribution in [0.2, 0.25) is 0 Å². The Balaban J connectivity index is 2.68. The number of aryl methyl sites for hydroxylation is 1. The molecule has 0 spiro atoms. The molecule has 0 nitrogen and oxygen atoms in total. The number of rotatable bonds is 7. The second-order valence-electron chi connectivity index (χ2n) is 5.36. The molecule has 1 aromatic carbocycles. The topological polar surface area (TPSA) is 0 Å². The fraction of sp³-hybridized carbons (Fsp3) is 0.529. The van der Waals surface area contributed by atoms with Crippen molar-refractivity contribution in [1.29, 1.82) is 0 Å². The Morgan fingerprint density at radius 2 is 1.78 bits per heavy atom. The predicted molar refractivity (Wildman–Crippen MR) is 86.3 cm³/mol. The lowest BCUT2D eigenvalue weighted by Crippen LogP contribution is -2.11. The molecule has 0 aliphatic carbocycles. The Morgan fingerprint density at radius 1 is 1.17 bits per heavy atom. The molecule has 0 atom stereocenters. The zero-order valence-corrected chi connectivity index (χ0v) is 13.1. The molecule has 1 rings (SSSR count). The average Bonchev–Trinajstić information content (AvgIpc) is 2.39. The van der Waals surface area contributed by atoms with Crippen molar-refractivity contribution >= 4 is 17.3 Å². The summed E-state index contributed by atoms with van der Waals surface area (Å²) in [5.41, 5.74) is 4.16. The Morgan fingerprint density at radius 3 is 2.28 bits per heavy atom. The maximum Gasteiger partial charge on any atom is -0.00271 e. The summed E-state index contributed by atoms with van der Waals surface area (Å²) in [7, 11) is 0. The van der Waals surface area contributed by atoms with Gasteiger partial charge in [0.25, 0.3) is 0 Å². The number of thioether (sulfide) groups is 1. The van der Waals surface area contributed by atoms with Crippen LogP contribution >= 0.6 is 11.8 Å². The molecule has 0 fully saturated rings. The minimum Gasteiger partial charge on any atom is -0.162 e. The van der Waals surface area contributed by atoms with E-state index < -0.39 is 0 Å². The third-order valence-electron chi connectivity index (χ3n) is 3.74. The number of hydrogen-bond acceptors (Lipinski definition) is 1. The first-order chi connectivity index (χ1) is 8.51. The number of hydrogen-bond donors (Lipinski definition) is 0. The molecule has 0 saturated carbocycles. The van der Waals surface area contributed by atoms with E-state index in [1.54, 1.807) is 0 Å². The number of benzene rings is 1. The van der Waals surface area contributed by atoms with Crippen LogP contribution in [0.15, 0.2) is 30.8 Å². The highest BCUT2D eigenvalue weighted by Gasteiger charge is 2.20. The first kappa shape index (κ1) is 15.4. The van der Waals surface area contributed by atoms with Crippen LogP contribution < -0.4 is 0 Å². The molecule has 0 aromatic heterocycles. The van der Waals surface area contributed by atoms with Gasteiger partial charge in [-0.1, -0.05) is 58.5 Å². The highest BCUT2D eigenvalue weighted by Crippen LogP contribution is 2.35. The zero-order chi connectivity index (χ0) is 13.6. The van der Waals surface area contributed by atoms with Gasteiger partial charge >= 0.3 is 0 Å². The summed E-state index contributed by atoms with van der Waals surface area (Å²) in [5, 5.41) is 0. The third kappa shape index (κ3) is 4.20. The predicted octanol–water partition coefficient (Wildman–Crippen LogP) is 5.43. The van der Waals surface area contributed by atoms with E-state index in [0.29, 0.717) is 0 Å². The minimum absolute atomic E-state index is 0.194.